The Balaban J connectivity index is 0.892. The van der Waals surface area contributed by atoms with Crippen molar-refractivity contribution >= 4 is 119 Å². The molecular weight excluding hydrogens is 1310 g/mol. The van der Waals surface area contributed by atoms with Crippen LogP contribution in [-0.4, -0.2) is 22.6 Å². The molecule has 108 heavy (non-hydrogen) atoms. The third kappa shape index (κ3) is 9.43. The molecule has 16 aromatic carbocycles. The van der Waals surface area contributed by atoms with Crippen LogP contribution in [0.1, 0.15) is 0 Å². The number of aromatic nitrogens is 2. The molecule has 0 saturated carbocycles. The first-order valence-electron chi connectivity index (χ1n) is 37.3. The van der Waals surface area contributed by atoms with E-state index in [2.05, 4.69) is 418 Å². The molecule has 502 valence electrons. The number of nitrogens with zero attached hydrogens (tertiary/aromatic N) is 5. The Kier molecular flexibility index (Phi) is 14.1. The van der Waals surface area contributed by atoms with Crippen molar-refractivity contribution < 1.29 is 4.74 Å². The molecule has 4 aliphatic rings. The SMILES string of the molecule is c1ccc(-c2cccc(-c3ccccc3)c2N2c3cc4c(cc3B3c5ccccc5Oc5cc(-n6c(-c7ccccc7)c(-c7ccccc7)c7ccccc76)cc2c53)B2c3ccccc3N(c3ccccc3)c3cc(-n5c(-c6ccccc6)c(-c6ccccc6)c6ccccc65)cc(c32)N4c2ccccc2)cc1. The molecule has 0 unspecified atom stereocenters. The molecule has 6 nitrogen and oxygen atoms in total. The van der Waals surface area contributed by atoms with E-state index in [0.29, 0.717) is 0 Å². The van der Waals surface area contributed by atoms with Crippen LogP contribution in [0.15, 0.2) is 394 Å². The van der Waals surface area contributed by atoms with Crippen LogP contribution in [0.4, 0.5) is 51.2 Å². The highest BCUT2D eigenvalue weighted by atomic mass is 16.5. The zero-order valence-electron chi connectivity index (χ0n) is 58.8. The third-order valence-corrected chi connectivity index (χ3v) is 22.7. The Morgan fingerprint density at radius 1 is 0.222 bits per heavy atom. The normalized spacial score (nSPS) is 12.8. The van der Waals surface area contributed by atoms with Crippen LogP contribution in [0.25, 0.3) is 100 Å². The second-order valence-electron chi connectivity index (χ2n) is 28.5. The number of fused-ring (bicyclic) bond motifs is 10. The van der Waals surface area contributed by atoms with Crippen molar-refractivity contribution in [3.8, 4) is 89.9 Å². The summed E-state index contributed by atoms with van der Waals surface area (Å²) in [5, 5.41) is 2.34. The fraction of sp³-hybridized carbons (Fsp3) is 0. The smallest absolute Gasteiger partial charge is 0.256 e. The average Bonchev–Trinajstić information content (AvgIpc) is 0.795. The molecular formula is C100H65B2N5O. The molecule has 0 radical (unpaired) electrons. The summed E-state index contributed by atoms with van der Waals surface area (Å²) in [5.41, 5.74) is 34.6. The predicted octanol–water partition coefficient (Wildman–Crippen LogP) is 22.1. The molecule has 0 spiro atoms. The molecule has 0 amide bonds. The lowest BCUT2D eigenvalue weighted by Gasteiger charge is -2.46. The van der Waals surface area contributed by atoms with Crippen molar-refractivity contribution in [3.63, 3.8) is 0 Å². The second-order valence-corrected chi connectivity index (χ2v) is 28.5. The van der Waals surface area contributed by atoms with Gasteiger partial charge in [0.05, 0.1) is 39.5 Å². The zero-order valence-corrected chi connectivity index (χ0v) is 58.8. The minimum atomic E-state index is -0.283. The molecule has 18 aromatic rings. The van der Waals surface area contributed by atoms with Crippen molar-refractivity contribution in [2.24, 2.45) is 0 Å². The van der Waals surface area contributed by atoms with E-state index in [1.807, 2.05) is 0 Å². The quantitative estimate of drug-likeness (QED) is 0.121. The summed E-state index contributed by atoms with van der Waals surface area (Å²) in [7, 11) is 0. The monoisotopic (exact) mass is 1370 g/mol. The van der Waals surface area contributed by atoms with Crippen molar-refractivity contribution in [1.29, 1.82) is 0 Å². The first-order chi connectivity index (χ1) is 53.7. The molecule has 4 aliphatic heterocycles. The maximum atomic E-state index is 7.65. The first-order valence-corrected chi connectivity index (χ1v) is 37.3. The van der Waals surface area contributed by atoms with Gasteiger partial charge in [0.15, 0.2) is 0 Å². The van der Waals surface area contributed by atoms with Crippen LogP contribution in [-0.2, 0) is 0 Å². The van der Waals surface area contributed by atoms with E-state index < -0.39 is 0 Å². The molecule has 0 N–H and O–H groups in total. The van der Waals surface area contributed by atoms with Crippen molar-refractivity contribution in [1.82, 2.24) is 9.13 Å². The number of ether oxygens (including phenoxy) is 1. The number of hydrogen-bond donors (Lipinski definition) is 0. The number of anilines is 9. The number of benzene rings is 16. The minimum absolute atomic E-state index is 0.240. The van der Waals surface area contributed by atoms with Crippen LogP contribution >= 0.6 is 0 Å². The van der Waals surface area contributed by atoms with Crippen LogP contribution in [0.2, 0.25) is 0 Å². The molecule has 0 bridgehead atoms. The highest BCUT2D eigenvalue weighted by molar-refractivity contribution is 7.02. The van der Waals surface area contributed by atoms with Crippen LogP contribution in [0.5, 0.6) is 11.5 Å². The van der Waals surface area contributed by atoms with Gasteiger partial charge in [-0.1, -0.05) is 315 Å². The molecule has 0 saturated heterocycles. The molecule has 6 heterocycles. The van der Waals surface area contributed by atoms with Gasteiger partial charge in [-0.2, -0.15) is 0 Å². The fourth-order valence-electron chi connectivity index (χ4n) is 18.3. The fourth-order valence-corrected chi connectivity index (χ4v) is 18.3. The minimum Gasteiger partial charge on any atom is -0.458 e. The summed E-state index contributed by atoms with van der Waals surface area (Å²) in [6.07, 6.45) is 0. The van der Waals surface area contributed by atoms with E-state index in [1.165, 1.54) is 38.4 Å². The zero-order chi connectivity index (χ0) is 70.9. The van der Waals surface area contributed by atoms with Gasteiger partial charge in [-0.15, -0.1) is 0 Å². The predicted molar refractivity (Wildman–Crippen MR) is 453 cm³/mol. The van der Waals surface area contributed by atoms with Gasteiger partial charge in [-0.3, -0.25) is 0 Å². The number of hydrogen-bond acceptors (Lipinski definition) is 4. The topological polar surface area (TPSA) is 28.8 Å². The van der Waals surface area contributed by atoms with Crippen LogP contribution in [0, 0.1) is 0 Å². The van der Waals surface area contributed by atoms with Crippen molar-refractivity contribution in [3.05, 3.63) is 394 Å². The summed E-state index contributed by atoms with van der Waals surface area (Å²) >= 11 is 0. The standard InChI is InChI=1S/C100H65B2N5O/c1-9-34-66(35-10-1)76-52-33-53-77(67-36-11-2-12-37-67)100(76)107-88-65-87-82(64-83(88)102-81-55-28-32-59-92(81)108-93-63-75(62-91(107)97(93)102)106-85-57-30-26-51-79(85)95(69-40-15-4-16-41-69)99(106)71-44-19-6-20-45-71)101-80-54-27-31-58-86(80)103(72-46-21-7-22-47-72)89-60-74(61-90(96(89)101)104(87)73-48-23-8-24-49-73)105-84-56-29-25-50-78(84)94(68-38-13-3-14-39-68)98(105)70-42-17-5-18-43-70/h1-65H. The van der Waals surface area contributed by atoms with Crippen LogP contribution in [0.3, 0.4) is 0 Å². The molecule has 8 heteroatoms. The maximum Gasteiger partial charge on any atom is 0.256 e. The lowest BCUT2D eigenvalue weighted by atomic mass is 9.30. The van der Waals surface area contributed by atoms with E-state index in [4.69, 9.17) is 4.74 Å². The Hall–Kier alpha value is -14.1. The van der Waals surface area contributed by atoms with E-state index in [9.17, 15) is 0 Å². The average molecular weight is 1370 g/mol. The Labute approximate surface area is 628 Å². The lowest BCUT2D eigenvalue weighted by molar-refractivity contribution is 0.487. The Morgan fingerprint density at radius 2 is 0.602 bits per heavy atom. The number of rotatable bonds is 11. The molecule has 2 aromatic heterocycles. The van der Waals surface area contributed by atoms with E-state index >= 15 is 0 Å². The molecule has 22 rings (SSSR count). The highest BCUT2D eigenvalue weighted by Crippen LogP contribution is 2.55. The first kappa shape index (κ1) is 61.4. The molecule has 0 fully saturated rings. The van der Waals surface area contributed by atoms with E-state index in [-0.39, 0.29) is 13.4 Å². The van der Waals surface area contributed by atoms with Gasteiger partial charge >= 0.3 is 0 Å². The summed E-state index contributed by atoms with van der Waals surface area (Å²) in [5.74, 6) is 1.65. The molecule has 0 atom stereocenters. The summed E-state index contributed by atoms with van der Waals surface area (Å²) < 4.78 is 12.7. The van der Waals surface area contributed by atoms with Gasteiger partial charge in [-0.25, -0.2) is 0 Å². The van der Waals surface area contributed by atoms with Crippen molar-refractivity contribution in [2.75, 3.05) is 14.7 Å². The second kappa shape index (κ2) is 24.8. The Bertz CT molecular complexity index is 6530. The molecule has 0 aliphatic carbocycles. The highest BCUT2D eigenvalue weighted by Gasteiger charge is 2.49. The largest absolute Gasteiger partial charge is 0.458 e. The van der Waals surface area contributed by atoms with E-state index in [0.717, 1.165) is 157 Å². The lowest BCUT2D eigenvalue weighted by Crippen LogP contribution is -2.64. The van der Waals surface area contributed by atoms with Gasteiger partial charge in [0.2, 0.25) is 0 Å². The third-order valence-electron chi connectivity index (χ3n) is 22.7. The van der Waals surface area contributed by atoms with Gasteiger partial charge in [0.25, 0.3) is 13.4 Å². The summed E-state index contributed by atoms with van der Waals surface area (Å²) in [6, 6.07) is 146. The van der Waals surface area contributed by atoms with Crippen molar-refractivity contribution in [2.45, 2.75) is 0 Å². The van der Waals surface area contributed by atoms with Crippen LogP contribution < -0.4 is 52.2 Å². The van der Waals surface area contributed by atoms with Gasteiger partial charge in [-0.05, 0) is 139 Å². The number of para-hydroxylation sites is 7. The Morgan fingerprint density at radius 3 is 1.11 bits per heavy atom. The summed E-state index contributed by atoms with van der Waals surface area (Å²) in [4.78, 5) is 7.79. The maximum absolute atomic E-state index is 7.65. The van der Waals surface area contributed by atoms with Gasteiger partial charge in [0, 0.05) is 84.6 Å². The van der Waals surface area contributed by atoms with E-state index in [1.54, 1.807) is 0 Å². The summed E-state index contributed by atoms with van der Waals surface area (Å²) in [6.45, 7) is -0.523. The van der Waals surface area contributed by atoms with Gasteiger partial charge < -0.3 is 28.6 Å². The van der Waals surface area contributed by atoms with Gasteiger partial charge in [0.1, 0.15) is 11.5 Å².